The molecule has 0 spiro atoms. The van der Waals surface area contributed by atoms with E-state index < -0.39 is 0 Å². The van der Waals surface area contributed by atoms with Gasteiger partial charge in [-0.2, -0.15) is 0 Å². The molecule has 0 aliphatic carbocycles. The SMILES string of the molecule is CN(C)C(=O)c1coc(C(=O)CCCCCCc2ccccc2)n1. The highest BCUT2D eigenvalue weighted by molar-refractivity contribution is 5.95. The van der Waals surface area contributed by atoms with Crippen molar-refractivity contribution in [2.45, 2.75) is 38.5 Å². The number of carbonyl (C=O) groups excluding carboxylic acids is 2. The summed E-state index contributed by atoms with van der Waals surface area (Å²) in [6, 6.07) is 10.4. The molecule has 5 nitrogen and oxygen atoms in total. The van der Waals surface area contributed by atoms with Crippen molar-refractivity contribution in [3.8, 4) is 0 Å². The maximum atomic E-state index is 12.0. The molecular weight excluding hydrogens is 304 g/mol. The summed E-state index contributed by atoms with van der Waals surface area (Å²) in [7, 11) is 3.27. The number of benzene rings is 1. The number of aryl methyl sites for hydroxylation is 1. The quantitative estimate of drug-likeness (QED) is 0.519. The number of aromatic nitrogens is 1. The zero-order valence-electron chi connectivity index (χ0n) is 14.3. The topological polar surface area (TPSA) is 63.4 Å². The number of rotatable bonds is 9. The minimum atomic E-state index is -0.265. The smallest absolute Gasteiger partial charge is 0.275 e. The third-order valence-electron chi connectivity index (χ3n) is 3.83. The van der Waals surface area contributed by atoms with Gasteiger partial charge in [-0.3, -0.25) is 9.59 Å². The molecule has 0 N–H and O–H groups in total. The third kappa shape index (κ3) is 5.33. The highest BCUT2D eigenvalue weighted by Gasteiger charge is 2.18. The van der Waals surface area contributed by atoms with Crippen LogP contribution in [0.5, 0.6) is 0 Å². The van der Waals surface area contributed by atoms with Gasteiger partial charge in [0, 0.05) is 20.5 Å². The molecule has 5 heteroatoms. The van der Waals surface area contributed by atoms with Gasteiger partial charge < -0.3 is 9.32 Å². The van der Waals surface area contributed by atoms with E-state index in [1.165, 1.54) is 16.7 Å². The van der Waals surface area contributed by atoms with Gasteiger partial charge in [0.2, 0.25) is 5.78 Å². The van der Waals surface area contributed by atoms with Gasteiger partial charge in [0.05, 0.1) is 0 Å². The first-order chi connectivity index (χ1) is 11.6. The molecule has 0 radical (unpaired) electrons. The van der Waals surface area contributed by atoms with Crippen LogP contribution < -0.4 is 0 Å². The van der Waals surface area contributed by atoms with Crippen LogP contribution in [-0.2, 0) is 6.42 Å². The van der Waals surface area contributed by atoms with Crippen molar-refractivity contribution in [3.63, 3.8) is 0 Å². The van der Waals surface area contributed by atoms with Crippen molar-refractivity contribution in [1.29, 1.82) is 0 Å². The van der Waals surface area contributed by atoms with E-state index in [4.69, 9.17) is 4.42 Å². The van der Waals surface area contributed by atoms with E-state index in [1.54, 1.807) is 14.1 Å². The lowest BCUT2D eigenvalue weighted by molar-refractivity contribution is 0.0822. The van der Waals surface area contributed by atoms with Crippen molar-refractivity contribution in [3.05, 3.63) is 53.7 Å². The molecule has 24 heavy (non-hydrogen) atoms. The van der Waals surface area contributed by atoms with Crippen molar-refractivity contribution >= 4 is 11.7 Å². The normalized spacial score (nSPS) is 10.6. The van der Waals surface area contributed by atoms with Crippen molar-refractivity contribution in [2.75, 3.05) is 14.1 Å². The Morgan fingerprint density at radius 2 is 1.75 bits per heavy atom. The van der Waals surface area contributed by atoms with Gasteiger partial charge in [-0.05, 0) is 24.8 Å². The van der Waals surface area contributed by atoms with Gasteiger partial charge in [-0.25, -0.2) is 4.98 Å². The molecule has 1 heterocycles. The first kappa shape index (κ1) is 17.9. The number of hydrogen-bond donors (Lipinski definition) is 0. The number of carbonyl (C=O) groups is 2. The lowest BCUT2D eigenvalue weighted by Gasteiger charge is -2.05. The van der Waals surface area contributed by atoms with Gasteiger partial charge in [0.1, 0.15) is 6.26 Å². The molecule has 0 saturated carbocycles. The molecule has 0 aliphatic heterocycles. The molecule has 0 fully saturated rings. The van der Waals surface area contributed by atoms with E-state index in [0.717, 1.165) is 32.1 Å². The fourth-order valence-electron chi connectivity index (χ4n) is 2.45. The molecule has 1 aromatic carbocycles. The predicted octanol–water partition coefficient (Wildman–Crippen LogP) is 3.75. The molecule has 1 amide bonds. The number of oxazole rings is 1. The van der Waals surface area contributed by atoms with Crippen LogP contribution in [0.2, 0.25) is 0 Å². The van der Waals surface area contributed by atoms with E-state index in [0.29, 0.717) is 6.42 Å². The van der Waals surface area contributed by atoms with Crippen molar-refractivity contribution in [1.82, 2.24) is 9.88 Å². The van der Waals surface area contributed by atoms with E-state index in [9.17, 15) is 9.59 Å². The largest absolute Gasteiger partial charge is 0.441 e. The zero-order chi connectivity index (χ0) is 17.4. The fourth-order valence-corrected chi connectivity index (χ4v) is 2.45. The van der Waals surface area contributed by atoms with Crippen molar-refractivity contribution in [2.24, 2.45) is 0 Å². The monoisotopic (exact) mass is 328 g/mol. The lowest BCUT2D eigenvalue weighted by atomic mass is 10.0. The van der Waals surface area contributed by atoms with E-state index >= 15 is 0 Å². The summed E-state index contributed by atoms with van der Waals surface area (Å²) in [5.41, 5.74) is 1.53. The van der Waals surface area contributed by atoms with Crippen LogP contribution in [0.15, 0.2) is 41.0 Å². The fraction of sp³-hybridized carbons (Fsp3) is 0.421. The van der Waals surface area contributed by atoms with Crippen LogP contribution in [0, 0.1) is 0 Å². The van der Waals surface area contributed by atoms with Gasteiger partial charge in [-0.15, -0.1) is 0 Å². The Bertz CT molecular complexity index is 662. The van der Waals surface area contributed by atoms with Crippen LogP contribution in [0.4, 0.5) is 0 Å². The summed E-state index contributed by atoms with van der Waals surface area (Å²) in [6.07, 6.45) is 6.76. The molecule has 0 unspecified atom stereocenters. The predicted molar refractivity (Wildman–Crippen MR) is 92.1 cm³/mol. The standard InChI is InChI=1S/C19H24N2O3/c1-21(2)19(23)16-14-24-18(20-16)17(22)13-9-4-3-6-10-15-11-7-5-8-12-15/h5,7-8,11-12,14H,3-4,6,9-10,13H2,1-2H3. The van der Waals surface area contributed by atoms with Crippen LogP contribution in [0.25, 0.3) is 0 Å². The summed E-state index contributed by atoms with van der Waals surface area (Å²) in [5.74, 6) is -0.376. The summed E-state index contributed by atoms with van der Waals surface area (Å²) in [6.45, 7) is 0. The zero-order valence-corrected chi connectivity index (χ0v) is 14.3. The van der Waals surface area contributed by atoms with Crippen LogP contribution in [-0.4, -0.2) is 35.7 Å². The van der Waals surface area contributed by atoms with E-state index in [2.05, 4.69) is 29.2 Å². The van der Waals surface area contributed by atoms with Gasteiger partial charge in [0.25, 0.3) is 11.8 Å². The number of amides is 1. The molecular formula is C19H24N2O3. The van der Waals surface area contributed by atoms with Crippen LogP contribution >= 0.6 is 0 Å². The first-order valence-corrected chi connectivity index (χ1v) is 8.32. The molecule has 2 rings (SSSR count). The van der Waals surface area contributed by atoms with Gasteiger partial charge in [-0.1, -0.05) is 43.2 Å². The Morgan fingerprint density at radius 1 is 1.04 bits per heavy atom. The van der Waals surface area contributed by atoms with E-state index in [-0.39, 0.29) is 23.3 Å². The van der Waals surface area contributed by atoms with E-state index in [1.807, 2.05) is 6.07 Å². The lowest BCUT2D eigenvalue weighted by Crippen LogP contribution is -2.22. The highest BCUT2D eigenvalue weighted by Crippen LogP contribution is 2.12. The molecule has 0 saturated heterocycles. The van der Waals surface area contributed by atoms with Gasteiger partial charge in [0.15, 0.2) is 5.69 Å². The summed E-state index contributed by atoms with van der Waals surface area (Å²) in [5, 5.41) is 0. The second-order valence-corrected chi connectivity index (χ2v) is 6.06. The second kappa shape index (κ2) is 9.01. The first-order valence-electron chi connectivity index (χ1n) is 8.32. The summed E-state index contributed by atoms with van der Waals surface area (Å²) in [4.78, 5) is 29.1. The Hall–Kier alpha value is -2.43. The Balaban J connectivity index is 1.65. The number of Topliss-reactive ketones (excluding diaryl/α,β-unsaturated/α-hetero) is 1. The number of hydrogen-bond acceptors (Lipinski definition) is 4. The molecule has 2 aromatic rings. The molecule has 1 aromatic heterocycles. The molecule has 0 bridgehead atoms. The summed E-state index contributed by atoms with van der Waals surface area (Å²) < 4.78 is 5.13. The average molecular weight is 328 g/mol. The number of nitrogens with zero attached hydrogens (tertiary/aromatic N) is 2. The van der Waals surface area contributed by atoms with Crippen LogP contribution in [0.3, 0.4) is 0 Å². The number of unbranched alkanes of at least 4 members (excludes halogenated alkanes) is 3. The third-order valence-corrected chi connectivity index (χ3v) is 3.83. The number of ketones is 1. The Labute approximate surface area is 142 Å². The minimum absolute atomic E-state index is 0.0319. The van der Waals surface area contributed by atoms with Gasteiger partial charge >= 0.3 is 0 Å². The Kier molecular flexibility index (Phi) is 6.73. The highest BCUT2D eigenvalue weighted by atomic mass is 16.3. The Morgan fingerprint density at radius 3 is 2.46 bits per heavy atom. The van der Waals surface area contributed by atoms with Crippen LogP contribution in [0.1, 0.15) is 58.8 Å². The minimum Gasteiger partial charge on any atom is -0.441 e. The second-order valence-electron chi connectivity index (χ2n) is 6.06. The maximum Gasteiger partial charge on any atom is 0.275 e. The van der Waals surface area contributed by atoms with Crippen molar-refractivity contribution < 1.29 is 14.0 Å². The molecule has 0 aliphatic rings. The molecule has 0 atom stereocenters. The summed E-state index contributed by atoms with van der Waals surface area (Å²) >= 11 is 0. The maximum absolute atomic E-state index is 12.0. The average Bonchev–Trinajstić information content (AvgIpc) is 3.08. The molecule has 128 valence electrons.